The first-order valence-corrected chi connectivity index (χ1v) is 20.1. The molecular formula is C37H41ClFN3O5Si. The lowest BCUT2D eigenvalue weighted by Gasteiger charge is -2.37. The van der Waals surface area contributed by atoms with Gasteiger partial charge in [-0.3, -0.25) is 14.4 Å². The maximum Gasteiger partial charge on any atom is 0.264 e. The molecule has 0 bridgehead atoms. The number of anilines is 2. The number of benzene rings is 3. The summed E-state index contributed by atoms with van der Waals surface area (Å²) < 4.78 is 23.2. The van der Waals surface area contributed by atoms with Crippen molar-refractivity contribution in [3.05, 3.63) is 94.0 Å². The van der Waals surface area contributed by atoms with Crippen molar-refractivity contribution < 1.29 is 28.3 Å². The zero-order chi connectivity index (χ0) is 34.0. The van der Waals surface area contributed by atoms with E-state index in [0.717, 1.165) is 28.8 Å². The van der Waals surface area contributed by atoms with Gasteiger partial charge in [0, 0.05) is 47.2 Å². The summed E-state index contributed by atoms with van der Waals surface area (Å²) in [5.74, 6) is -1.04. The van der Waals surface area contributed by atoms with E-state index >= 15 is 4.11 Å². The van der Waals surface area contributed by atoms with Crippen LogP contribution in [0.15, 0.2) is 66.7 Å². The van der Waals surface area contributed by atoms with Gasteiger partial charge in [-0.15, -0.1) is 0 Å². The van der Waals surface area contributed by atoms with Crippen LogP contribution in [0.2, 0.25) is 23.7 Å². The number of hydrogen-bond acceptors (Lipinski definition) is 5. The van der Waals surface area contributed by atoms with Gasteiger partial charge in [-0.1, -0.05) is 54.9 Å². The summed E-state index contributed by atoms with van der Waals surface area (Å²) in [6.07, 6.45) is 0.903. The van der Waals surface area contributed by atoms with Crippen LogP contribution in [0.1, 0.15) is 48.4 Å². The second-order valence-electron chi connectivity index (χ2n) is 14.2. The molecule has 4 heterocycles. The van der Waals surface area contributed by atoms with Gasteiger partial charge in [0.1, 0.15) is 0 Å². The number of aliphatic hydroxyl groups is 1. The van der Waals surface area contributed by atoms with Gasteiger partial charge in [0.2, 0.25) is 20.2 Å². The van der Waals surface area contributed by atoms with Crippen LogP contribution in [-0.4, -0.2) is 61.4 Å². The van der Waals surface area contributed by atoms with Gasteiger partial charge >= 0.3 is 0 Å². The Labute approximate surface area is 286 Å². The highest BCUT2D eigenvalue weighted by atomic mass is 35.5. The van der Waals surface area contributed by atoms with Crippen LogP contribution in [0.25, 0.3) is 0 Å². The molecule has 7 rings (SSSR count). The molecule has 3 aromatic carbocycles. The van der Waals surface area contributed by atoms with E-state index in [0.29, 0.717) is 42.2 Å². The largest absolute Gasteiger partial charge is 0.394 e. The van der Waals surface area contributed by atoms with E-state index in [9.17, 15) is 19.5 Å². The molecule has 5 atom stereocenters. The third-order valence-electron chi connectivity index (χ3n) is 10.8. The van der Waals surface area contributed by atoms with Crippen molar-refractivity contribution in [3.63, 3.8) is 0 Å². The number of carbonyl (C=O) groups is 3. The minimum absolute atomic E-state index is 0.0835. The number of ether oxygens (including phenoxy) is 1. The molecule has 0 aromatic heterocycles. The molecule has 1 N–H and O–H groups in total. The fourth-order valence-electron chi connectivity index (χ4n) is 8.63. The fraction of sp³-hybridized carbons (Fsp3) is 0.432. The number of fused-ring (bicyclic) bond motifs is 3. The molecule has 8 nitrogen and oxygen atoms in total. The topological polar surface area (TPSA) is 90.4 Å². The number of aliphatic hydroxyl groups excluding tert-OH is 1. The molecule has 3 amide bonds. The van der Waals surface area contributed by atoms with E-state index in [4.69, 9.17) is 16.3 Å². The van der Waals surface area contributed by atoms with Crippen LogP contribution in [0.4, 0.5) is 15.5 Å². The maximum absolute atomic E-state index is 16.4. The summed E-state index contributed by atoms with van der Waals surface area (Å²) in [4.78, 5) is 46.4. The summed E-state index contributed by atoms with van der Waals surface area (Å²) in [6.45, 7) is 6.13. The Morgan fingerprint density at radius 2 is 1.85 bits per heavy atom. The molecule has 3 aromatic rings. The number of carbonyl (C=O) groups excluding carboxylic acids is 3. The number of amides is 3. The lowest BCUT2D eigenvalue weighted by molar-refractivity contribution is -0.151. The molecule has 0 unspecified atom stereocenters. The summed E-state index contributed by atoms with van der Waals surface area (Å²) >= 11 is 6.54. The molecule has 0 radical (unpaired) electrons. The Hall–Kier alpha value is -3.57. The minimum Gasteiger partial charge on any atom is -0.394 e. The van der Waals surface area contributed by atoms with Crippen molar-refractivity contribution in [2.75, 3.05) is 23.0 Å². The van der Waals surface area contributed by atoms with E-state index in [2.05, 4.69) is 0 Å². The summed E-state index contributed by atoms with van der Waals surface area (Å²) in [5.41, 5.74) is 2.78. The highest BCUT2D eigenvalue weighted by molar-refractivity contribution is 6.72. The second-order valence-corrected chi connectivity index (χ2v) is 18.4. The zero-order valence-electron chi connectivity index (χ0n) is 27.5. The third kappa shape index (κ3) is 5.47. The quantitative estimate of drug-likeness (QED) is 0.238. The zero-order valence-corrected chi connectivity index (χ0v) is 29.3. The Bertz CT molecular complexity index is 1780. The van der Waals surface area contributed by atoms with Gasteiger partial charge in [0.25, 0.3) is 5.91 Å². The molecule has 252 valence electrons. The normalized spacial score (nSPS) is 26.8. The Kier molecular flexibility index (Phi) is 8.51. The average Bonchev–Trinajstić information content (AvgIpc) is 3.69. The monoisotopic (exact) mass is 689 g/mol. The molecular weight excluding hydrogens is 649 g/mol. The lowest BCUT2D eigenvalue weighted by Crippen LogP contribution is -2.48. The van der Waals surface area contributed by atoms with Crippen LogP contribution in [0.3, 0.4) is 0 Å². The Morgan fingerprint density at radius 3 is 2.56 bits per heavy atom. The van der Waals surface area contributed by atoms with E-state index in [1.165, 1.54) is 0 Å². The van der Waals surface area contributed by atoms with Crippen molar-refractivity contribution in [1.82, 2.24) is 4.90 Å². The maximum atomic E-state index is 16.4. The summed E-state index contributed by atoms with van der Waals surface area (Å²) in [5, 5.41) is 10.7. The highest BCUT2D eigenvalue weighted by Crippen LogP contribution is 2.60. The van der Waals surface area contributed by atoms with Crippen LogP contribution < -0.4 is 9.80 Å². The molecule has 4 aliphatic rings. The standard InChI is InChI=1S/C37H41ClFN3O5Si/c1-23-35(48(2,3)39)32(19-34(45)41-21-26-10-5-4-9-25(26)17-29(41)22-43)47-37(23)30-18-27(38)13-14-31(30)42(36(37)46)20-24-8-6-11-28(16-24)40-15-7-12-33(40)44/h4-6,8-11,13-14,16,18,23,29,32,35,43H,7,12,15,17,19-22H2,1-3H3/t23-,29+,32+,35-,37+/m1/s1. The first-order chi connectivity index (χ1) is 22.9. The van der Waals surface area contributed by atoms with Gasteiger partial charge in [-0.25, -0.2) is 0 Å². The molecule has 11 heteroatoms. The average molecular weight is 690 g/mol. The minimum atomic E-state index is -3.52. The van der Waals surface area contributed by atoms with Crippen LogP contribution in [-0.2, 0) is 44.2 Å². The predicted octanol–water partition coefficient (Wildman–Crippen LogP) is 6.12. The number of halogens is 2. The third-order valence-corrected chi connectivity index (χ3v) is 13.5. The van der Waals surface area contributed by atoms with Crippen molar-refractivity contribution in [2.24, 2.45) is 5.92 Å². The van der Waals surface area contributed by atoms with Gasteiger partial charge in [0.05, 0.1) is 37.4 Å². The van der Waals surface area contributed by atoms with E-state index in [-0.39, 0.29) is 37.3 Å². The van der Waals surface area contributed by atoms with E-state index < -0.39 is 37.6 Å². The van der Waals surface area contributed by atoms with Gasteiger partial charge in [-0.2, -0.15) is 0 Å². The molecule has 0 saturated carbocycles. The smallest absolute Gasteiger partial charge is 0.264 e. The van der Waals surface area contributed by atoms with E-state index in [1.54, 1.807) is 46.0 Å². The first-order valence-electron chi connectivity index (χ1n) is 16.8. The molecule has 1 spiro atoms. The SMILES string of the molecule is C[C@@H]1[C@@H]([Si](C)(C)F)[C@H](CC(=O)N2Cc3ccccc3C[C@H]2CO)O[C@@]12C(=O)N(Cc1cccc(N3CCCC3=O)c1)c1ccc(Cl)cc12. The lowest BCUT2D eigenvalue weighted by atomic mass is 9.82. The number of rotatable bonds is 7. The summed E-state index contributed by atoms with van der Waals surface area (Å²) in [7, 11) is -3.52. The van der Waals surface area contributed by atoms with Crippen LogP contribution >= 0.6 is 11.6 Å². The molecule has 0 aliphatic carbocycles. The number of hydrogen-bond donors (Lipinski definition) is 1. The van der Waals surface area contributed by atoms with Crippen molar-refractivity contribution in [2.45, 2.75) is 82.1 Å². The highest BCUT2D eigenvalue weighted by Gasteiger charge is 2.67. The van der Waals surface area contributed by atoms with Gasteiger partial charge in [-0.05, 0) is 73.0 Å². The fourth-order valence-corrected chi connectivity index (χ4v) is 11.3. The van der Waals surface area contributed by atoms with Crippen molar-refractivity contribution >= 4 is 49.1 Å². The van der Waals surface area contributed by atoms with Crippen LogP contribution in [0, 0.1) is 5.92 Å². The predicted molar refractivity (Wildman–Crippen MR) is 185 cm³/mol. The molecule has 48 heavy (non-hydrogen) atoms. The van der Waals surface area contributed by atoms with Gasteiger partial charge < -0.3 is 28.7 Å². The number of nitrogens with zero attached hydrogens (tertiary/aromatic N) is 3. The molecule has 4 aliphatic heterocycles. The van der Waals surface area contributed by atoms with Crippen molar-refractivity contribution in [1.29, 1.82) is 0 Å². The van der Waals surface area contributed by atoms with E-state index in [1.807, 2.05) is 55.5 Å². The first kappa shape index (κ1) is 32.9. The van der Waals surface area contributed by atoms with Crippen LogP contribution in [0.5, 0.6) is 0 Å². The Morgan fingerprint density at radius 1 is 1.08 bits per heavy atom. The van der Waals surface area contributed by atoms with Crippen molar-refractivity contribution in [3.8, 4) is 0 Å². The summed E-state index contributed by atoms with van der Waals surface area (Å²) in [6, 6.07) is 20.4. The molecule has 2 saturated heterocycles. The Balaban J connectivity index is 1.22. The second kappa shape index (κ2) is 12.4. The molecule has 2 fully saturated rings. The van der Waals surface area contributed by atoms with Gasteiger partial charge in [0.15, 0.2) is 5.60 Å².